The van der Waals surface area contributed by atoms with Crippen LogP contribution in [0.2, 0.25) is 0 Å². The molecule has 0 aliphatic carbocycles. The van der Waals surface area contributed by atoms with Crippen molar-refractivity contribution in [2.24, 2.45) is 28.7 Å². The zero-order valence-corrected chi connectivity index (χ0v) is 35.2. The number of H-pyrrole nitrogens is 1. The van der Waals surface area contributed by atoms with E-state index in [2.05, 4.69) is 4.98 Å². The van der Waals surface area contributed by atoms with E-state index in [9.17, 15) is 44.0 Å². The lowest BCUT2D eigenvalue weighted by molar-refractivity contribution is 0.0799. The van der Waals surface area contributed by atoms with Gasteiger partial charge in [0, 0.05) is 53.8 Å². The highest BCUT2D eigenvalue weighted by molar-refractivity contribution is 5.99. The predicted octanol–water partition coefficient (Wildman–Crippen LogP) is 5.03. The smallest absolute Gasteiger partial charge is 0.224 e. The number of aromatic amines is 1. The Bertz CT molecular complexity index is 2280. The van der Waals surface area contributed by atoms with Crippen LogP contribution < -0.4 is 21.7 Å². The topological polar surface area (TPSA) is 271 Å². The summed E-state index contributed by atoms with van der Waals surface area (Å²) in [5.74, 6) is -2.41. The SMILES string of the molecule is CC(C)(C)C(=O)c1cc(=O)c(O)c[nH]1.CC(C)(C)C(=O)c1cc(=O)c(O)cn1O.CC(C)(C)Cc1cc(=O)c(O)cn1O.Cn1cc(O)c(=O)cc1C(=O)C(C)(C)C. The number of ketones is 3. The number of pyridine rings is 4. The van der Waals surface area contributed by atoms with Gasteiger partial charge < -0.3 is 40.4 Å². The summed E-state index contributed by atoms with van der Waals surface area (Å²) < 4.78 is 2.72. The molecule has 7 N–H and O–H groups in total. The van der Waals surface area contributed by atoms with Crippen molar-refractivity contribution in [3.05, 3.63) is 113 Å². The maximum Gasteiger partial charge on any atom is 0.224 e. The molecule has 0 aliphatic rings. The summed E-state index contributed by atoms with van der Waals surface area (Å²) in [5.41, 5.74) is -3.13. The number of rotatable bonds is 4. The van der Waals surface area contributed by atoms with Crippen LogP contribution >= 0.6 is 0 Å². The van der Waals surface area contributed by atoms with Crippen LogP contribution in [0.1, 0.15) is 120 Å². The zero-order valence-electron chi connectivity index (χ0n) is 35.2. The van der Waals surface area contributed by atoms with Crippen molar-refractivity contribution in [1.82, 2.24) is 19.0 Å². The number of carbonyl (C=O) groups is 3. The Kier molecular flexibility index (Phi) is 16.0. The molecule has 4 aromatic rings. The Labute approximate surface area is 335 Å². The number of aryl methyl sites for hydroxylation is 1. The van der Waals surface area contributed by atoms with Crippen molar-refractivity contribution in [2.75, 3.05) is 0 Å². The van der Waals surface area contributed by atoms with Crippen LogP contribution in [0, 0.1) is 21.7 Å². The van der Waals surface area contributed by atoms with Gasteiger partial charge in [0.25, 0.3) is 0 Å². The fourth-order valence-corrected chi connectivity index (χ4v) is 4.52. The summed E-state index contributed by atoms with van der Waals surface area (Å²) in [6, 6.07) is 4.45. The first-order valence-corrected chi connectivity index (χ1v) is 17.8. The Morgan fingerprint density at radius 1 is 0.534 bits per heavy atom. The molecule has 0 bridgehead atoms. The fraction of sp³-hybridized carbons (Fsp3) is 0.439. The molecule has 0 saturated carbocycles. The summed E-state index contributed by atoms with van der Waals surface area (Å²) in [6.45, 7) is 21.7. The van der Waals surface area contributed by atoms with E-state index in [1.165, 1.54) is 22.9 Å². The van der Waals surface area contributed by atoms with E-state index in [1.54, 1.807) is 69.4 Å². The average Bonchev–Trinajstić information content (AvgIpc) is 3.06. The molecule has 0 aliphatic heterocycles. The van der Waals surface area contributed by atoms with Crippen molar-refractivity contribution in [1.29, 1.82) is 0 Å². The first-order valence-electron chi connectivity index (χ1n) is 17.8. The molecular formula is C41H56N4O13. The summed E-state index contributed by atoms with van der Waals surface area (Å²) >= 11 is 0. The lowest BCUT2D eigenvalue weighted by atomic mass is 9.88. The number of Topliss-reactive ketones (excluding diaryl/α,β-unsaturated/α-hetero) is 3. The van der Waals surface area contributed by atoms with Crippen molar-refractivity contribution < 1.29 is 45.2 Å². The second-order valence-corrected chi connectivity index (χ2v) is 17.7. The predicted molar refractivity (Wildman–Crippen MR) is 216 cm³/mol. The normalized spacial score (nSPS) is 11.5. The molecule has 0 saturated heterocycles. The molecule has 0 fully saturated rings. The van der Waals surface area contributed by atoms with Crippen LogP contribution in [0.25, 0.3) is 0 Å². The van der Waals surface area contributed by atoms with Gasteiger partial charge in [0.15, 0.2) is 40.3 Å². The number of nitrogens with one attached hydrogen (secondary N) is 1. The van der Waals surface area contributed by atoms with Crippen molar-refractivity contribution in [2.45, 2.75) is 89.5 Å². The van der Waals surface area contributed by atoms with Gasteiger partial charge in [-0.15, -0.1) is 0 Å². The van der Waals surface area contributed by atoms with Crippen LogP contribution in [-0.4, -0.2) is 67.2 Å². The molecular weight excluding hydrogens is 756 g/mol. The van der Waals surface area contributed by atoms with Crippen LogP contribution in [0.4, 0.5) is 0 Å². The lowest BCUT2D eigenvalue weighted by Crippen LogP contribution is -2.25. The number of carbonyl (C=O) groups excluding carboxylic acids is 3. The Morgan fingerprint density at radius 2 is 0.914 bits per heavy atom. The van der Waals surface area contributed by atoms with Crippen LogP contribution in [0.5, 0.6) is 23.0 Å². The van der Waals surface area contributed by atoms with Gasteiger partial charge in [-0.2, -0.15) is 9.46 Å². The van der Waals surface area contributed by atoms with E-state index in [0.717, 1.165) is 35.5 Å². The highest BCUT2D eigenvalue weighted by Crippen LogP contribution is 2.23. The molecule has 17 heteroatoms. The number of aromatic hydroxyl groups is 4. The zero-order chi connectivity index (χ0) is 45.5. The van der Waals surface area contributed by atoms with E-state index < -0.39 is 49.5 Å². The van der Waals surface area contributed by atoms with Gasteiger partial charge in [0.2, 0.25) is 21.7 Å². The number of hydrogen-bond acceptors (Lipinski definition) is 13. The maximum absolute atomic E-state index is 11.9. The minimum absolute atomic E-state index is 0.0199. The van der Waals surface area contributed by atoms with Gasteiger partial charge >= 0.3 is 0 Å². The van der Waals surface area contributed by atoms with Gasteiger partial charge in [-0.05, 0) is 11.8 Å². The summed E-state index contributed by atoms with van der Waals surface area (Å²) in [5, 5.41) is 54.9. The Morgan fingerprint density at radius 3 is 1.34 bits per heavy atom. The third kappa shape index (κ3) is 14.6. The molecule has 318 valence electrons. The first kappa shape index (κ1) is 49.6. The monoisotopic (exact) mass is 812 g/mol. The van der Waals surface area contributed by atoms with Gasteiger partial charge in [-0.3, -0.25) is 33.6 Å². The van der Waals surface area contributed by atoms with Gasteiger partial charge in [-0.1, -0.05) is 83.1 Å². The number of aromatic nitrogens is 4. The number of hydrogen-bond donors (Lipinski definition) is 7. The quantitative estimate of drug-likeness (QED) is 0.105. The average molecular weight is 813 g/mol. The number of nitrogens with zero attached hydrogens (tertiary/aromatic N) is 3. The van der Waals surface area contributed by atoms with Gasteiger partial charge in [0.05, 0.1) is 35.7 Å². The van der Waals surface area contributed by atoms with E-state index in [0.29, 0.717) is 22.5 Å². The first-order chi connectivity index (χ1) is 26.1. The minimum atomic E-state index is -0.701. The third-order valence-corrected chi connectivity index (χ3v) is 7.67. The van der Waals surface area contributed by atoms with Gasteiger partial charge in [-0.25, -0.2) is 0 Å². The Hall–Kier alpha value is -6.39. The van der Waals surface area contributed by atoms with E-state index in [1.807, 2.05) is 20.8 Å². The van der Waals surface area contributed by atoms with E-state index in [-0.39, 0.29) is 45.7 Å². The molecule has 4 aromatic heterocycles. The molecule has 0 unspecified atom stereocenters. The summed E-state index contributed by atoms with van der Waals surface area (Å²) in [6.07, 6.45) is 4.77. The van der Waals surface area contributed by atoms with Crippen molar-refractivity contribution in [3.63, 3.8) is 0 Å². The molecule has 0 spiro atoms. The molecule has 17 nitrogen and oxygen atoms in total. The van der Waals surface area contributed by atoms with Crippen LogP contribution in [-0.2, 0) is 13.5 Å². The maximum atomic E-state index is 11.9. The Balaban J connectivity index is 0.000000387. The highest BCUT2D eigenvalue weighted by Gasteiger charge is 2.27. The van der Waals surface area contributed by atoms with Crippen LogP contribution in [0.3, 0.4) is 0 Å². The summed E-state index contributed by atoms with van der Waals surface area (Å²) in [7, 11) is 1.62. The van der Waals surface area contributed by atoms with Gasteiger partial charge in [0.1, 0.15) is 5.69 Å². The molecule has 0 radical (unpaired) electrons. The third-order valence-electron chi connectivity index (χ3n) is 7.67. The minimum Gasteiger partial charge on any atom is -0.503 e. The molecule has 4 rings (SSSR count). The fourth-order valence-electron chi connectivity index (χ4n) is 4.52. The summed E-state index contributed by atoms with van der Waals surface area (Å²) in [4.78, 5) is 82.4. The standard InChI is InChI=1S/C11H15NO3.C10H13NO4.C10H15NO3.C10H13NO3/c1-11(2,3)10(15)7-5-8(13)9(14)6-12(7)4;1-10(2,3)9(14)6-4-7(12)8(13)5-11(6)15;1-10(2,3)5-7-4-8(12)9(13)6-11(7)14;1-10(2,3)9(14)6-4-7(12)8(13)5-11-6/h5-6,14H,1-4H3;4-5,13,15H,1-3H3;4,6,13-14H,5H2,1-3H3;4-5,13H,1-3H3,(H,11,12). The second kappa shape index (κ2) is 18.7. The van der Waals surface area contributed by atoms with Crippen LogP contribution in [0.15, 0.2) is 68.2 Å². The molecule has 4 heterocycles. The largest absolute Gasteiger partial charge is 0.503 e. The van der Waals surface area contributed by atoms with Crippen molar-refractivity contribution in [3.8, 4) is 23.0 Å². The van der Waals surface area contributed by atoms with E-state index in [4.69, 9.17) is 20.4 Å². The molecule has 0 atom stereocenters. The highest BCUT2D eigenvalue weighted by atomic mass is 16.5. The molecule has 58 heavy (non-hydrogen) atoms. The van der Waals surface area contributed by atoms with Crippen molar-refractivity contribution >= 4 is 17.3 Å². The second-order valence-electron chi connectivity index (χ2n) is 17.7. The molecule has 0 aromatic carbocycles. The lowest BCUT2D eigenvalue weighted by Gasteiger charge is -2.19. The molecule has 0 amide bonds. The van der Waals surface area contributed by atoms with E-state index >= 15 is 0 Å².